The molecule has 2 N–H and O–H groups in total. The number of aromatic nitrogens is 2. The fourth-order valence-corrected chi connectivity index (χ4v) is 2.33. The maximum Gasteiger partial charge on any atom is 0.137 e. The lowest BCUT2D eigenvalue weighted by atomic mass is 10.2. The minimum absolute atomic E-state index is 0.0769. The number of fused-ring (bicyclic) bond motifs is 1. The molecule has 0 fully saturated rings. The molecule has 24 heavy (non-hydrogen) atoms. The Bertz CT molecular complexity index is 830. The van der Waals surface area contributed by atoms with Crippen LogP contribution in [0.5, 0.6) is 5.75 Å². The van der Waals surface area contributed by atoms with Gasteiger partial charge >= 0.3 is 0 Å². The van der Waals surface area contributed by atoms with Crippen molar-refractivity contribution >= 4 is 28.3 Å². The van der Waals surface area contributed by atoms with Crippen LogP contribution in [0.1, 0.15) is 0 Å². The van der Waals surface area contributed by atoms with Crippen molar-refractivity contribution in [2.75, 3.05) is 18.5 Å². The van der Waals surface area contributed by atoms with Gasteiger partial charge < -0.3 is 15.2 Å². The molecule has 1 heterocycles. The standard InChI is InChI=1S/C17H15ClFN3O2/c18-11-1-6-15-16(7-11)21-10-22-17(15)20-8-13(23)9-24-14-4-2-12(19)3-5-14/h1-7,10,13,23H,8-9H2,(H,20,21,22). The highest BCUT2D eigenvalue weighted by atomic mass is 35.5. The van der Waals surface area contributed by atoms with Crippen LogP contribution in [0.2, 0.25) is 5.02 Å². The number of halogens is 2. The number of aliphatic hydroxyl groups is 1. The summed E-state index contributed by atoms with van der Waals surface area (Å²) in [5.41, 5.74) is 0.719. The van der Waals surface area contributed by atoms with Gasteiger partial charge in [0.15, 0.2) is 0 Å². The van der Waals surface area contributed by atoms with Crippen molar-refractivity contribution in [1.29, 1.82) is 0 Å². The lowest BCUT2D eigenvalue weighted by molar-refractivity contribution is 0.117. The van der Waals surface area contributed by atoms with Crippen LogP contribution in [-0.2, 0) is 0 Å². The smallest absolute Gasteiger partial charge is 0.137 e. The summed E-state index contributed by atoms with van der Waals surface area (Å²) >= 11 is 5.95. The number of aliphatic hydroxyl groups excluding tert-OH is 1. The minimum atomic E-state index is -0.757. The first kappa shape index (κ1) is 16.4. The van der Waals surface area contributed by atoms with Crippen LogP contribution in [0.25, 0.3) is 10.9 Å². The number of hydrogen-bond donors (Lipinski definition) is 2. The first-order chi connectivity index (χ1) is 11.6. The third-order valence-corrected chi connectivity index (χ3v) is 3.59. The highest BCUT2D eigenvalue weighted by molar-refractivity contribution is 6.31. The van der Waals surface area contributed by atoms with E-state index < -0.39 is 6.10 Å². The van der Waals surface area contributed by atoms with E-state index in [1.165, 1.54) is 30.6 Å². The zero-order valence-electron chi connectivity index (χ0n) is 12.6. The van der Waals surface area contributed by atoms with Crippen molar-refractivity contribution in [2.45, 2.75) is 6.10 Å². The van der Waals surface area contributed by atoms with Crippen LogP contribution in [0, 0.1) is 5.82 Å². The lowest BCUT2D eigenvalue weighted by Crippen LogP contribution is -2.26. The van der Waals surface area contributed by atoms with Gasteiger partial charge in [0.05, 0.1) is 5.52 Å². The molecule has 0 bridgehead atoms. The van der Waals surface area contributed by atoms with E-state index in [2.05, 4.69) is 15.3 Å². The Morgan fingerprint density at radius 3 is 2.75 bits per heavy atom. The molecular weight excluding hydrogens is 333 g/mol. The summed E-state index contributed by atoms with van der Waals surface area (Å²) in [7, 11) is 0. The second kappa shape index (κ2) is 7.42. The van der Waals surface area contributed by atoms with Crippen LogP contribution in [0.15, 0.2) is 48.8 Å². The van der Waals surface area contributed by atoms with Crippen molar-refractivity contribution < 1.29 is 14.2 Å². The third kappa shape index (κ3) is 4.10. The van der Waals surface area contributed by atoms with Crippen molar-refractivity contribution in [3.63, 3.8) is 0 Å². The molecule has 2 aromatic carbocycles. The van der Waals surface area contributed by atoms with E-state index in [4.69, 9.17) is 16.3 Å². The molecule has 5 nitrogen and oxygen atoms in total. The fourth-order valence-electron chi connectivity index (χ4n) is 2.17. The first-order valence-electron chi connectivity index (χ1n) is 7.32. The van der Waals surface area contributed by atoms with Gasteiger partial charge in [0.2, 0.25) is 0 Å². The molecule has 1 aromatic heterocycles. The summed E-state index contributed by atoms with van der Waals surface area (Å²) in [5.74, 6) is 0.774. The summed E-state index contributed by atoms with van der Waals surface area (Å²) in [6, 6.07) is 11.0. The van der Waals surface area contributed by atoms with Gasteiger partial charge in [-0.15, -0.1) is 0 Å². The lowest BCUT2D eigenvalue weighted by Gasteiger charge is -2.14. The molecule has 124 valence electrons. The summed E-state index contributed by atoms with van der Waals surface area (Å²) in [6.07, 6.45) is 0.676. The van der Waals surface area contributed by atoms with Crippen LogP contribution in [0.4, 0.5) is 10.2 Å². The van der Waals surface area contributed by atoms with E-state index >= 15 is 0 Å². The van der Waals surface area contributed by atoms with Crippen molar-refractivity contribution in [3.8, 4) is 5.75 Å². The highest BCUT2D eigenvalue weighted by Gasteiger charge is 2.09. The predicted molar refractivity (Wildman–Crippen MR) is 90.9 cm³/mol. The molecule has 1 unspecified atom stereocenters. The topological polar surface area (TPSA) is 67.3 Å². The van der Waals surface area contributed by atoms with Crippen LogP contribution in [0.3, 0.4) is 0 Å². The monoisotopic (exact) mass is 347 g/mol. The normalized spacial score (nSPS) is 12.1. The maximum absolute atomic E-state index is 12.8. The Labute approximate surface area is 143 Å². The van der Waals surface area contributed by atoms with E-state index in [0.29, 0.717) is 16.6 Å². The molecule has 0 saturated carbocycles. The number of ether oxygens (including phenoxy) is 1. The molecule has 0 radical (unpaired) electrons. The summed E-state index contributed by atoms with van der Waals surface area (Å²) in [4.78, 5) is 8.34. The van der Waals surface area contributed by atoms with E-state index in [-0.39, 0.29) is 19.0 Å². The molecule has 3 rings (SSSR count). The predicted octanol–water partition coefficient (Wildman–Crippen LogP) is 3.27. The van der Waals surface area contributed by atoms with Gasteiger partial charge in [0, 0.05) is 17.0 Å². The van der Waals surface area contributed by atoms with E-state index in [1.54, 1.807) is 12.1 Å². The molecule has 0 saturated heterocycles. The zero-order chi connectivity index (χ0) is 16.9. The number of nitrogens with zero attached hydrogens (tertiary/aromatic N) is 2. The van der Waals surface area contributed by atoms with Crippen LogP contribution >= 0.6 is 11.6 Å². The molecular formula is C17H15ClFN3O2. The largest absolute Gasteiger partial charge is 0.491 e. The Balaban J connectivity index is 1.58. The number of nitrogens with one attached hydrogen (secondary N) is 1. The van der Waals surface area contributed by atoms with Crippen molar-refractivity contribution in [1.82, 2.24) is 9.97 Å². The second-order valence-electron chi connectivity index (χ2n) is 5.18. The van der Waals surface area contributed by atoms with Crippen molar-refractivity contribution in [3.05, 3.63) is 59.6 Å². The first-order valence-corrected chi connectivity index (χ1v) is 7.70. The molecule has 1 atom stereocenters. The van der Waals surface area contributed by atoms with Crippen molar-refractivity contribution in [2.24, 2.45) is 0 Å². The summed E-state index contributed by atoms with van der Waals surface area (Å²) in [5, 5.41) is 14.5. The number of rotatable bonds is 6. The quantitative estimate of drug-likeness (QED) is 0.716. The van der Waals surface area contributed by atoms with E-state index in [9.17, 15) is 9.50 Å². The van der Waals surface area contributed by atoms with Gasteiger partial charge in [-0.25, -0.2) is 14.4 Å². The molecule has 0 aliphatic heterocycles. The highest BCUT2D eigenvalue weighted by Crippen LogP contribution is 2.22. The molecule has 0 amide bonds. The Morgan fingerprint density at radius 2 is 1.96 bits per heavy atom. The third-order valence-electron chi connectivity index (χ3n) is 3.36. The Morgan fingerprint density at radius 1 is 1.17 bits per heavy atom. The van der Waals surface area contributed by atoms with Gasteiger partial charge in [0.1, 0.15) is 36.4 Å². The molecule has 0 aliphatic carbocycles. The molecule has 3 aromatic rings. The molecule has 7 heteroatoms. The summed E-state index contributed by atoms with van der Waals surface area (Å²) in [6.45, 7) is 0.323. The Hall–Kier alpha value is -2.44. The van der Waals surface area contributed by atoms with Crippen LogP contribution < -0.4 is 10.1 Å². The van der Waals surface area contributed by atoms with Gasteiger partial charge in [-0.05, 0) is 42.5 Å². The number of anilines is 1. The summed E-state index contributed by atoms with van der Waals surface area (Å²) < 4.78 is 18.2. The van der Waals surface area contributed by atoms with Crippen LogP contribution in [-0.4, -0.2) is 34.3 Å². The number of hydrogen-bond acceptors (Lipinski definition) is 5. The second-order valence-corrected chi connectivity index (χ2v) is 5.62. The fraction of sp³-hybridized carbons (Fsp3) is 0.176. The average Bonchev–Trinajstić information content (AvgIpc) is 2.59. The Kier molecular flexibility index (Phi) is 5.08. The SMILES string of the molecule is OC(CNc1ncnc2cc(Cl)ccc12)COc1ccc(F)cc1. The van der Waals surface area contributed by atoms with Gasteiger partial charge in [0.25, 0.3) is 0 Å². The maximum atomic E-state index is 12.8. The minimum Gasteiger partial charge on any atom is -0.491 e. The van der Waals surface area contributed by atoms with Gasteiger partial charge in [-0.3, -0.25) is 0 Å². The molecule has 0 spiro atoms. The zero-order valence-corrected chi connectivity index (χ0v) is 13.4. The number of benzene rings is 2. The van der Waals surface area contributed by atoms with E-state index in [1.807, 2.05) is 6.07 Å². The van der Waals surface area contributed by atoms with Gasteiger partial charge in [-0.1, -0.05) is 11.6 Å². The average molecular weight is 348 g/mol. The van der Waals surface area contributed by atoms with Gasteiger partial charge in [-0.2, -0.15) is 0 Å². The van der Waals surface area contributed by atoms with E-state index in [0.717, 1.165) is 10.9 Å². The molecule has 0 aliphatic rings.